The molecule has 0 aromatic carbocycles. The van der Waals surface area contributed by atoms with E-state index in [0.29, 0.717) is 13.1 Å². The van der Waals surface area contributed by atoms with Crippen molar-refractivity contribution in [3.8, 4) is 0 Å². The summed E-state index contributed by atoms with van der Waals surface area (Å²) in [5.74, 6) is -3.35. The van der Waals surface area contributed by atoms with Crippen LogP contribution in [-0.2, 0) is 4.79 Å². The fraction of sp³-hybridized carbons (Fsp3) is 0.500. The van der Waals surface area contributed by atoms with Gasteiger partial charge in [0.15, 0.2) is 0 Å². The molecule has 0 aliphatic heterocycles. The Morgan fingerprint density at radius 3 is 2.50 bits per heavy atom. The van der Waals surface area contributed by atoms with Gasteiger partial charge in [0.25, 0.3) is 11.7 Å². The molecule has 0 fully saturated rings. The largest absolute Gasteiger partial charge is 0.342 e. The number of carbonyl (C=O) groups excluding carboxylic acids is 2. The van der Waals surface area contributed by atoms with Gasteiger partial charge in [-0.25, -0.2) is 4.98 Å². The van der Waals surface area contributed by atoms with Crippen LogP contribution in [0, 0.1) is 0 Å². The Morgan fingerprint density at radius 2 is 1.95 bits per heavy atom. The number of rotatable bonds is 7. The first-order valence-corrected chi connectivity index (χ1v) is 7.71. The number of pyridine rings is 1. The van der Waals surface area contributed by atoms with Gasteiger partial charge in [0, 0.05) is 26.3 Å². The van der Waals surface area contributed by atoms with Crippen molar-refractivity contribution in [1.82, 2.24) is 14.8 Å². The normalized spacial score (nSPS) is 10.6. The molecular weight excluding hydrogens is 312 g/mol. The van der Waals surface area contributed by atoms with E-state index < -0.39 is 11.7 Å². The molecule has 2 amide bonds. The van der Waals surface area contributed by atoms with Crippen molar-refractivity contribution in [2.45, 2.75) is 24.6 Å². The second-order valence-electron chi connectivity index (χ2n) is 4.46. The lowest BCUT2D eigenvalue weighted by atomic mass is 10.2. The Labute approximate surface area is 132 Å². The van der Waals surface area contributed by atoms with Crippen LogP contribution in [0.4, 0.5) is 8.78 Å². The second kappa shape index (κ2) is 8.67. The van der Waals surface area contributed by atoms with Crippen molar-refractivity contribution in [3.63, 3.8) is 0 Å². The predicted octanol–water partition coefficient (Wildman–Crippen LogP) is 2.34. The van der Waals surface area contributed by atoms with Crippen molar-refractivity contribution < 1.29 is 18.4 Å². The number of halogens is 2. The van der Waals surface area contributed by atoms with Crippen LogP contribution in [0.2, 0.25) is 0 Å². The molecular formula is C14H19F2N3O2S. The average molecular weight is 331 g/mol. The minimum Gasteiger partial charge on any atom is -0.342 e. The number of likely N-dealkylation sites (N-methyl/N-ethyl adjacent to an activating group) is 2. The number of hydrogen-bond donors (Lipinski definition) is 0. The minimum absolute atomic E-state index is 0.0374. The van der Waals surface area contributed by atoms with Gasteiger partial charge >= 0.3 is 0 Å². The molecule has 0 N–H and O–H groups in total. The molecule has 0 aliphatic carbocycles. The summed E-state index contributed by atoms with van der Waals surface area (Å²) in [6, 6.07) is 2.93. The van der Waals surface area contributed by atoms with Crippen molar-refractivity contribution in [2.75, 3.05) is 26.7 Å². The fourth-order valence-electron chi connectivity index (χ4n) is 1.89. The molecule has 0 bridgehead atoms. The number of alkyl halides is 2. The zero-order valence-electron chi connectivity index (χ0n) is 12.8. The molecule has 1 aromatic rings. The van der Waals surface area contributed by atoms with E-state index in [2.05, 4.69) is 4.98 Å². The Bertz CT molecular complexity index is 525. The van der Waals surface area contributed by atoms with Crippen molar-refractivity contribution in [2.24, 2.45) is 0 Å². The molecule has 0 atom stereocenters. The summed E-state index contributed by atoms with van der Waals surface area (Å²) in [7, 11) is 1.47. The highest BCUT2D eigenvalue weighted by molar-refractivity contribution is 7.99. The molecule has 122 valence electrons. The zero-order valence-corrected chi connectivity index (χ0v) is 13.6. The predicted molar refractivity (Wildman–Crippen MR) is 81.0 cm³/mol. The van der Waals surface area contributed by atoms with Crippen LogP contribution in [-0.4, -0.2) is 59.0 Å². The van der Waals surface area contributed by atoms with Gasteiger partial charge in [-0.3, -0.25) is 9.59 Å². The van der Waals surface area contributed by atoms with Gasteiger partial charge in [-0.15, -0.1) is 0 Å². The van der Waals surface area contributed by atoms with Crippen LogP contribution in [0.3, 0.4) is 0 Å². The molecule has 1 aromatic heterocycles. The van der Waals surface area contributed by atoms with Gasteiger partial charge in [0.1, 0.15) is 5.03 Å². The zero-order chi connectivity index (χ0) is 16.7. The summed E-state index contributed by atoms with van der Waals surface area (Å²) < 4.78 is 25.0. The number of nitrogens with zero attached hydrogens (tertiary/aromatic N) is 3. The van der Waals surface area contributed by atoms with E-state index in [4.69, 9.17) is 0 Å². The maximum Gasteiger partial charge on any atom is 0.290 e. The maximum atomic E-state index is 12.5. The maximum absolute atomic E-state index is 12.5. The van der Waals surface area contributed by atoms with E-state index in [-0.39, 0.29) is 34.8 Å². The van der Waals surface area contributed by atoms with E-state index >= 15 is 0 Å². The SMILES string of the molecule is CCN(CC)C(=O)CN(C)C(=O)c1cccnc1SC(F)F. The molecule has 0 unspecified atom stereocenters. The summed E-state index contributed by atoms with van der Waals surface area (Å²) in [5.41, 5.74) is 0.0719. The molecule has 0 saturated carbocycles. The van der Waals surface area contributed by atoms with E-state index in [0.717, 1.165) is 0 Å². The van der Waals surface area contributed by atoms with Gasteiger partial charge in [0.2, 0.25) is 5.91 Å². The standard InChI is InChI=1S/C14H19F2N3O2S/c1-4-19(5-2)11(20)9-18(3)13(21)10-7-6-8-17-12(10)22-14(15)16/h6-8,14H,4-5,9H2,1-3H3. The highest BCUT2D eigenvalue weighted by atomic mass is 32.2. The molecule has 1 heterocycles. The van der Waals surface area contributed by atoms with Gasteiger partial charge in [-0.1, -0.05) is 0 Å². The highest BCUT2D eigenvalue weighted by Crippen LogP contribution is 2.26. The van der Waals surface area contributed by atoms with Gasteiger partial charge < -0.3 is 9.80 Å². The number of aromatic nitrogens is 1. The van der Waals surface area contributed by atoms with E-state index in [1.165, 1.54) is 30.3 Å². The van der Waals surface area contributed by atoms with Crippen molar-refractivity contribution in [3.05, 3.63) is 23.9 Å². The molecule has 22 heavy (non-hydrogen) atoms. The molecule has 0 aliphatic rings. The van der Waals surface area contributed by atoms with E-state index in [9.17, 15) is 18.4 Å². The summed E-state index contributed by atoms with van der Waals surface area (Å²) >= 11 is 0.218. The van der Waals surface area contributed by atoms with Crippen molar-refractivity contribution >= 4 is 23.6 Å². The van der Waals surface area contributed by atoms with Crippen LogP contribution in [0.5, 0.6) is 0 Å². The van der Waals surface area contributed by atoms with Crippen LogP contribution < -0.4 is 0 Å². The number of amides is 2. The lowest BCUT2D eigenvalue weighted by molar-refractivity contribution is -0.131. The average Bonchev–Trinajstić information content (AvgIpc) is 2.47. The van der Waals surface area contributed by atoms with E-state index in [1.807, 2.05) is 13.8 Å². The molecule has 0 saturated heterocycles. The van der Waals surface area contributed by atoms with Crippen LogP contribution >= 0.6 is 11.8 Å². The summed E-state index contributed by atoms with van der Waals surface area (Å²) in [4.78, 5) is 31.0. The van der Waals surface area contributed by atoms with Gasteiger partial charge in [-0.2, -0.15) is 8.78 Å². The Morgan fingerprint density at radius 1 is 1.32 bits per heavy atom. The lowest BCUT2D eigenvalue weighted by Gasteiger charge is -2.23. The third-order valence-corrected chi connectivity index (χ3v) is 3.76. The van der Waals surface area contributed by atoms with Crippen molar-refractivity contribution in [1.29, 1.82) is 0 Å². The van der Waals surface area contributed by atoms with Gasteiger partial charge in [0.05, 0.1) is 12.1 Å². The third-order valence-electron chi connectivity index (χ3n) is 3.04. The first kappa shape index (κ1) is 18.3. The van der Waals surface area contributed by atoms with Gasteiger partial charge in [-0.05, 0) is 37.7 Å². The Balaban J connectivity index is 2.85. The molecule has 0 spiro atoms. The van der Waals surface area contributed by atoms with Crippen LogP contribution in [0.15, 0.2) is 23.4 Å². The Kier molecular flexibility index (Phi) is 7.23. The monoisotopic (exact) mass is 331 g/mol. The second-order valence-corrected chi connectivity index (χ2v) is 5.44. The Hall–Kier alpha value is -1.70. The van der Waals surface area contributed by atoms with Crippen LogP contribution in [0.1, 0.15) is 24.2 Å². The summed E-state index contributed by atoms with van der Waals surface area (Å²) in [5, 5.41) is -0.0374. The van der Waals surface area contributed by atoms with Crippen LogP contribution in [0.25, 0.3) is 0 Å². The summed E-state index contributed by atoms with van der Waals surface area (Å²) in [6.07, 6.45) is 1.35. The topological polar surface area (TPSA) is 53.5 Å². The number of carbonyl (C=O) groups is 2. The molecule has 0 radical (unpaired) electrons. The lowest BCUT2D eigenvalue weighted by Crippen LogP contribution is -2.41. The molecule has 1 rings (SSSR count). The first-order valence-electron chi connectivity index (χ1n) is 6.83. The number of hydrogen-bond acceptors (Lipinski definition) is 4. The summed E-state index contributed by atoms with van der Waals surface area (Å²) in [6.45, 7) is 4.70. The van der Waals surface area contributed by atoms with E-state index in [1.54, 1.807) is 4.90 Å². The number of thioether (sulfide) groups is 1. The first-order chi connectivity index (χ1) is 10.4. The smallest absolute Gasteiger partial charge is 0.290 e. The minimum atomic E-state index is -2.66. The quantitative estimate of drug-likeness (QED) is 0.720. The third kappa shape index (κ3) is 4.94. The highest BCUT2D eigenvalue weighted by Gasteiger charge is 2.22. The molecule has 5 nitrogen and oxygen atoms in total. The molecule has 8 heteroatoms. The fourth-order valence-corrected chi connectivity index (χ4v) is 2.46.